The second kappa shape index (κ2) is 6.80. The van der Waals surface area contributed by atoms with Crippen molar-refractivity contribution in [2.45, 2.75) is 38.0 Å². The number of fused-ring (bicyclic) bond motifs is 1. The summed E-state index contributed by atoms with van der Waals surface area (Å²) < 4.78 is 13.5. The molecule has 1 aromatic heterocycles. The van der Waals surface area contributed by atoms with Crippen LogP contribution < -0.4 is 0 Å². The Bertz CT molecular complexity index is 701. The molecule has 0 atom stereocenters. The molecular formula is C18H19FN2O. The first-order chi connectivity index (χ1) is 10.8. The topological polar surface area (TPSA) is 42.3 Å². The monoisotopic (exact) mass is 298 g/mol. The molecule has 22 heavy (non-hydrogen) atoms. The van der Waals surface area contributed by atoms with Crippen molar-refractivity contribution in [1.29, 1.82) is 0 Å². The van der Waals surface area contributed by atoms with Gasteiger partial charge in [-0.1, -0.05) is 0 Å². The quantitative estimate of drug-likeness (QED) is 0.621. The number of nitrogens with zero attached hydrogens (tertiary/aromatic N) is 2. The first-order valence-corrected chi connectivity index (χ1v) is 7.85. The van der Waals surface area contributed by atoms with Crippen molar-refractivity contribution in [2.24, 2.45) is 10.9 Å². The second-order valence-electron chi connectivity index (χ2n) is 6.04. The van der Waals surface area contributed by atoms with Crippen LogP contribution in [0.1, 0.15) is 43.6 Å². The van der Waals surface area contributed by atoms with Crippen LogP contribution in [-0.4, -0.2) is 17.6 Å². The van der Waals surface area contributed by atoms with Crippen molar-refractivity contribution in [3.63, 3.8) is 0 Å². The Labute approximate surface area is 129 Å². The summed E-state index contributed by atoms with van der Waals surface area (Å²) >= 11 is 0. The van der Waals surface area contributed by atoms with E-state index >= 15 is 0 Å². The third kappa shape index (κ3) is 3.23. The third-order valence-corrected chi connectivity index (χ3v) is 4.74. The standard InChI is InChI=1S/C18H19FN2O/c19-15-5-6-18-17(11-15)16(8-10-21-18)14-3-1-13(2-4-14)7-9-20-12-22/h5-6,8,10-11,13-14H,1-4,7,9H2. The molecule has 0 saturated heterocycles. The highest BCUT2D eigenvalue weighted by Crippen LogP contribution is 2.39. The van der Waals surface area contributed by atoms with Gasteiger partial charge in [0.15, 0.2) is 0 Å². The van der Waals surface area contributed by atoms with Crippen LogP contribution in [0.3, 0.4) is 0 Å². The molecule has 114 valence electrons. The van der Waals surface area contributed by atoms with Crippen molar-refractivity contribution in [3.8, 4) is 0 Å². The molecule has 2 aromatic rings. The van der Waals surface area contributed by atoms with E-state index in [2.05, 4.69) is 9.98 Å². The first-order valence-electron chi connectivity index (χ1n) is 7.85. The fourth-order valence-electron chi connectivity index (χ4n) is 3.55. The molecule has 1 saturated carbocycles. The zero-order valence-corrected chi connectivity index (χ0v) is 12.5. The van der Waals surface area contributed by atoms with Crippen molar-refractivity contribution >= 4 is 17.0 Å². The summed E-state index contributed by atoms with van der Waals surface area (Å²) in [7, 11) is 0. The summed E-state index contributed by atoms with van der Waals surface area (Å²) in [6.07, 6.45) is 8.86. The van der Waals surface area contributed by atoms with Gasteiger partial charge in [-0.15, -0.1) is 0 Å². The molecule has 3 nitrogen and oxygen atoms in total. The number of carbonyl (C=O) groups excluding carboxylic acids is 1. The molecule has 0 aliphatic heterocycles. The third-order valence-electron chi connectivity index (χ3n) is 4.74. The average Bonchev–Trinajstić information content (AvgIpc) is 2.55. The summed E-state index contributed by atoms with van der Waals surface area (Å²) in [5.74, 6) is 0.901. The van der Waals surface area contributed by atoms with Gasteiger partial charge in [-0.2, -0.15) is 0 Å². The van der Waals surface area contributed by atoms with E-state index in [1.807, 2.05) is 12.3 Å². The minimum Gasteiger partial charge on any atom is -0.256 e. The highest BCUT2D eigenvalue weighted by molar-refractivity contribution is 5.82. The molecule has 1 heterocycles. The van der Waals surface area contributed by atoms with E-state index in [0.29, 0.717) is 18.4 Å². The predicted octanol–water partition coefficient (Wildman–Crippen LogP) is 4.37. The maximum Gasteiger partial charge on any atom is 0.234 e. The summed E-state index contributed by atoms with van der Waals surface area (Å²) in [6, 6.07) is 6.84. The molecule has 4 heteroatoms. The maximum absolute atomic E-state index is 13.5. The Hall–Kier alpha value is -2.06. The lowest BCUT2D eigenvalue weighted by atomic mass is 9.77. The maximum atomic E-state index is 13.5. The van der Waals surface area contributed by atoms with E-state index in [9.17, 15) is 9.18 Å². The highest BCUT2D eigenvalue weighted by Gasteiger charge is 2.23. The highest BCUT2D eigenvalue weighted by atomic mass is 19.1. The van der Waals surface area contributed by atoms with Crippen molar-refractivity contribution < 1.29 is 9.18 Å². The number of isocyanates is 1. The van der Waals surface area contributed by atoms with Gasteiger partial charge in [0.05, 0.1) is 12.1 Å². The molecule has 3 rings (SSSR count). The fourth-order valence-corrected chi connectivity index (χ4v) is 3.55. The van der Waals surface area contributed by atoms with Gasteiger partial charge in [0.1, 0.15) is 5.82 Å². The van der Waals surface area contributed by atoms with Crippen LogP contribution in [0.2, 0.25) is 0 Å². The summed E-state index contributed by atoms with van der Waals surface area (Å²) in [6.45, 7) is 0.586. The normalized spacial score (nSPS) is 21.5. The van der Waals surface area contributed by atoms with Crippen molar-refractivity contribution in [1.82, 2.24) is 4.98 Å². The molecule has 0 unspecified atom stereocenters. The van der Waals surface area contributed by atoms with Crippen molar-refractivity contribution in [2.75, 3.05) is 6.54 Å². The number of benzene rings is 1. The molecule has 1 aromatic carbocycles. The van der Waals surface area contributed by atoms with Crippen LogP contribution in [0.15, 0.2) is 35.5 Å². The minimum atomic E-state index is -0.206. The molecule has 1 aliphatic rings. The molecular weight excluding hydrogens is 279 g/mol. The van der Waals surface area contributed by atoms with Crippen LogP contribution in [0.5, 0.6) is 0 Å². The smallest absolute Gasteiger partial charge is 0.234 e. The summed E-state index contributed by atoms with van der Waals surface area (Å²) in [5.41, 5.74) is 2.08. The molecule has 0 N–H and O–H groups in total. The molecule has 1 fully saturated rings. The van der Waals surface area contributed by atoms with Gasteiger partial charge < -0.3 is 0 Å². The SMILES string of the molecule is O=C=NCCC1CCC(c2ccnc3ccc(F)cc23)CC1. The zero-order valence-electron chi connectivity index (χ0n) is 12.5. The van der Waals surface area contributed by atoms with Gasteiger partial charge in [0, 0.05) is 11.6 Å². The Balaban J connectivity index is 1.73. The molecule has 1 aliphatic carbocycles. The lowest BCUT2D eigenvalue weighted by molar-refractivity contribution is 0.314. The lowest BCUT2D eigenvalue weighted by Gasteiger charge is -2.29. The molecule has 0 amide bonds. The van der Waals surface area contributed by atoms with Crippen LogP contribution in [-0.2, 0) is 4.79 Å². The van der Waals surface area contributed by atoms with E-state index in [0.717, 1.165) is 43.0 Å². The van der Waals surface area contributed by atoms with Crippen molar-refractivity contribution in [3.05, 3.63) is 41.8 Å². The van der Waals surface area contributed by atoms with Gasteiger partial charge in [-0.05, 0) is 73.8 Å². The van der Waals surface area contributed by atoms with Crippen LogP contribution in [0.4, 0.5) is 4.39 Å². The van der Waals surface area contributed by atoms with E-state index in [4.69, 9.17) is 0 Å². The number of halogens is 1. The molecule has 0 bridgehead atoms. The predicted molar refractivity (Wildman–Crippen MR) is 84.0 cm³/mol. The average molecular weight is 298 g/mol. The number of hydrogen-bond donors (Lipinski definition) is 0. The Morgan fingerprint density at radius 1 is 1.23 bits per heavy atom. The van der Waals surface area contributed by atoms with E-state index in [1.165, 1.54) is 11.6 Å². The number of aliphatic imine (C=N–C) groups is 1. The zero-order chi connectivity index (χ0) is 15.4. The number of aromatic nitrogens is 1. The van der Waals surface area contributed by atoms with E-state index < -0.39 is 0 Å². The lowest BCUT2D eigenvalue weighted by Crippen LogP contribution is -2.14. The largest absolute Gasteiger partial charge is 0.256 e. The Kier molecular flexibility index (Phi) is 4.59. The summed E-state index contributed by atoms with van der Waals surface area (Å²) in [4.78, 5) is 18.1. The van der Waals surface area contributed by atoms with E-state index in [1.54, 1.807) is 18.2 Å². The van der Waals surface area contributed by atoms with Crippen LogP contribution >= 0.6 is 0 Å². The van der Waals surface area contributed by atoms with Gasteiger partial charge in [0.2, 0.25) is 6.08 Å². The Morgan fingerprint density at radius 3 is 2.82 bits per heavy atom. The summed E-state index contributed by atoms with van der Waals surface area (Å²) in [5, 5.41) is 0.941. The number of pyridine rings is 1. The molecule has 0 radical (unpaired) electrons. The van der Waals surface area contributed by atoms with Crippen LogP contribution in [0, 0.1) is 11.7 Å². The van der Waals surface area contributed by atoms with Gasteiger partial charge in [-0.3, -0.25) is 4.98 Å². The number of rotatable bonds is 4. The second-order valence-corrected chi connectivity index (χ2v) is 6.04. The van der Waals surface area contributed by atoms with Gasteiger partial charge in [0.25, 0.3) is 0 Å². The van der Waals surface area contributed by atoms with Gasteiger partial charge >= 0.3 is 0 Å². The van der Waals surface area contributed by atoms with E-state index in [-0.39, 0.29) is 5.82 Å². The Morgan fingerprint density at radius 2 is 2.05 bits per heavy atom. The fraction of sp³-hybridized carbons (Fsp3) is 0.444. The number of hydrogen-bond acceptors (Lipinski definition) is 3. The van der Waals surface area contributed by atoms with Gasteiger partial charge in [-0.25, -0.2) is 14.2 Å². The minimum absolute atomic E-state index is 0.206. The molecule has 0 spiro atoms. The first kappa shape index (κ1) is 14.9. The van der Waals surface area contributed by atoms with Crippen LogP contribution in [0.25, 0.3) is 10.9 Å².